The number of aliphatic carboxylic acids is 1. The van der Waals surface area contributed by atoms with E-state index in [0.29, 0.717) is 0 Å². The van der Waals surface area contributed by atoms with Crippen LogP contribution in [0.3, 0.4) is 0 Å². The summed E-state index contributed by atoms with van der Waals surface area (Å²) in [5.41, 5.74) is 0. The van der Waals surface area contributed by atoms with Crippen LogP contribution >= 0.6 is 0 Å². The summed E-state index contributed by atoms with van der Waals surface area (Å²) in [6.07, 6.45) is 0.909. The Kier molecular flexibility index (Phi) is 6.74. The number of methoxy groups -OCH3 is 1. The van der Waals surface area contributed by atoms with Crippen molar-refractivity contribution in [3.05, 3.63) is 0 Å². The Balaban J connectivity index is 4.17. The van der Waals surface area contributed by atoms with Crippen molar-refractivity contribution < 1.29 is 27.9 Å². The van der Waals surface area contributed by atoms with Crippen molar-refractivity contribution in [1.82, 2.24) is 5.32 Å². The summed E-state index contributed by atoms with van der Waals surface area (Å²) in [6.45, 7) is 0.198. The van der Waals surface area contributed by atoms with Crippen molar-refractivity contribution in [3.8, 4) is 0 Å². The molecule has 0 aliphatic carbocycles. The van der Waals surface area contributed by atoms with E-state index >= 15 is 0 Å². The van der Waals surface area contributed by atoms with E-state index in [1.807, 2.05) is 0 Å². The molecule has 0 aromatic heterocycles. The quantitative estimate of drug-likeness (QED) is 0.585. The third kappa shape index (κ3) is 8.64. The molecule has 2 N–H and O–H groups in total. The normalized spacial score (nSPS) is 13.1. The molecule has 0 saturated carbocycles. The van der Waals surface area contributed by atoms with Crippen LogP contribution in [0.5, 0.6) is 0 Å². The van der Waals surface area contributed by atoms with Gasteiger partial charge in [0.1, 0.15) is 15.9 Å². The van der Waals surface area contributed by atoms with E-state index in [0.717, 1.165) is 6.26 Å². The Morgan fingerprint density at radius 2 is 2.00 bits per heavy atom. The van der Waals surface area contributed by atoms with Crippen molar-refractivity contribution in [3.63, 3.8) is 0 Å². The van der Waals surface area contributed by atoms with Gasteiger partial charge in [0, 0.05) is 32.8 Å². The minimum absolute atomic E-state index is 0.135. The number of nitrogens with one attached hydrogen (secondary N) is 1. The number of hydrogen-bond acceptors (Lipinski definition) is 5. The molecule has 0 aliphatic rings. The molecular formula is C9H17NO6S. The summed E-state index contributed by atoms with van der Waals surface area (Å²) >= 11 is 0. The van der Waals surface area contributed by atoms with Crippen LogP contribution in [0.25, 0.3) is 0 Å². The lowest BCUT2D eigenvalue weighted by Crippen LogP contribution is -2.41. The summed E-state index contributed by atoms with van der Waals surface area (Å²) in [5.74, 6) is -2.07. The third-order valence-corrected chi connectivity index (χ3v) is 2.89. The Hall–Kier alpha value is -1.15. The van der Waals surface area contributed by atoms with Crippen LogP contribution in [0.1, 0.15) is 12.8 Å². The number of carboxylic acid groups (broad SMARTS) is 1. The van der Waals surface area contributed by atoms with Gasteiger partial charge in [-0.1, -0.05) is 0 Å². The summed E-state index contributed by atoms with van der Waals surface area (Å²) in [5, 5.41) is 11.0. The molecule has 17 heavy (non-hydrogen) atoms. The first kappa shape index (κ1) is 15.9. The lowest BCUT2D eigenvalue weighted by atomic mass is 10.2. The van der Waals surface area contributed by atoms with Gasteiger partial charge in [-0.3, -0.25) is 4.79 Å². The molecule has 0 fully saturated rings. The van der Waals surface area contributed by atoms with Crippen molar-refractivity contribution in [2.75, 3.05) is 25.7 Å². The molecule has 0 spiro atoms. The highest BCUT2D eigenvalue weighted by Gasteiger charge is 2.19. The molecule has 8 heteroatoms. The molecule has 0 heterocycles. The van der Waals surface area contributed by atoms with E-state index in [1.165, 1.54) is 7.11 Å². The van der Waals surface area contributed by atoms with E-state index in [1.54, 1.807) is 0 Å². The summed E-state index contributed by atoms with van der Waals surface area (Å²) < 4.78 is 26.3. The maximum atomic E-state index is 11.3. The lowest BCUT2D eigenvalue weighted by Gasteiger charge is -2.13. The molecule has 0 aromatic rings. The van der Waals surface area contributed by atoms with E-state index < -0.39 is 27.8 Å². The fraction of sp³-hybridized carbons (Fsp3) is 0.778. The van der Waals surface area contributed by atoms with Crippen LogP contribution in [-0.2, 0) is 24.2 Å². The van der Waals surface area contributed by atoms with Crippen molar-refractivity contribution in [2.45, 2.75) is 18.9 Å². The molecule has 0 rings (SSSR count). The second kappa shape index (κ2) is 7.23. The highest BCUT2D eigenvalue weighted by atomic mass is 32.2. The maximum absolute atomic E-state index is 11.3. The Labute approximate surface area is 100 Å². The van der Waals surface area contributed by atoms with Crippen molar-refractivity contribution in [2.24, 2.45) is 0 Å². The second-order valence-corrected chi connectivity index (χ2v) is 5.88. The van der Waals surface area contributed by atoms with E-state index in [-0.39, 0.29) is 25.2 Å². The molecular weight excluding hydrogens is 250 g/mol. The highest BCUT2D eigenvalue weighted by Crippen LogP contribution is 1.96. The van der Waals surface area contributed by atoms with Gasteiger partial charge in [0.15, 0.2) is 0 Å². The van der Waals surface area contributed by atoms with Gasteiger partial charge in [-0.05, 0) is 0 Å². The Morgan fingerprint density at radius 1 is 1.41 bits per heavy atom. The smallest absolute Gasteiger partial charge is 0.326 e. The van der Waals surface area contributed by atoms with Gasteiger partial charge in [0.25, 0.3) is 0 Å². The third-order valence-electron chi connectivity index (χ3n) is 1.94. The van der Waals surface area contributed by atoms with Crippen LogP contribution in [0.4, 0.5) is 0 Å². The fourth-order valence-electron chi connectivity index (χ4n) is 1.04. The van der Waals surface area contributed by atoms with Gasteiger partial charge in [0.2, 0.25) is 5.91 Å². The highest BCUT2D eigenvalue weighted by molar-refractivity contribution is 7.90. The van der Waals surface area contributed by atoms with Crippen LogP contribution in [-0.4, -0.2) is 57.2 Å². The van der Waals surface area contributed by atoms with E-state index in [9.17, 15) is 18.0 Å². The first-order valence-electron chi connectivity index (χ1n) is 4.95. The number of rotatable bonds is 8. The van der Waals surface area contributed by atoms with E-state index in [2.05, 4.69) is 5.32 Å². The van der Waals surface area contributed by atoms with Gasteiger partial charge in [-0.2, -0.15) is 0 Å². The minimum atomic E-state index is -3.23. The van der Waals surface area contributed by atoms with Crippen molar-refractivity contribution >= 4 is 21.7 Å². The van der Waals surface area contributed by atoms with Crippen LogP contribution < -0.4 is 5.32 Å². The Morgan fingerprint density at radius 3 is 2.41 bits per heavy atom. The molecule has 1 atom stereocenters. The number of carbonyl (C=O) groups excluding carboxylic acids is 1. The van der Waals surface area contributed by atoms with Crippen LogP contribution in [0, 0.1) is 0 Å². The predicted molar refractivity (Wildman–Crippen MR) is 60.4 cm³/mol. The zero-order valence-electron chi connectivity index (χ0n) is 9.80. The fourth-order valence-corrected chi connectivity index (χ4v) is 1.59. The van der Waals surface area contributed by atoms with Crippen LogP contribution in [0.2, 0.25) is 0 Å². The van der Waals surface area contributed by atoms with Gasteiger partial charge >= 0.3 is 5.97 Å². The zero-order chi connectivity index (χ0) is 13.5. The van der Waals surface area contributed by atoms with Crippen molar-refractivity contribution in [1.29, 1.82) is 0 Å². The second-order valence-electron chi connectivity index (χ2n) is 3.62. The topological polar surface area (TPSA) is 110 Å². The van der Waals surface area contributed by atoms with Crippen LogP contribution in [0.15, 0.2) is 0 Å². The summed E-state index contributed by atoms with van der Waals surface area (Å²) in [6, 6.07) is -1.05. The van der Waals surface area contributed by atoms with Gasteiger partial charge in [-0.25, -0.2) is 13.2 Å². The minimum Gasteiger partial charge on any atom is -0.480 e. The molecule has 0 bridgehead atoms. The summed E-state index contributed by atoms with van der Waals surface area (Å²) in [7, 11) is -1.80. The average Bonchev–Trinajstić information content (AvgIpc) is 2.19. The first-order chi connectivity index (χ1) is 7.76. The molecule has 1 unspecified atom stereocenters. The number of carboxylic acids is 1. The monoisotopic (exact) mass is 267 g/mol. The van der Waals surface area contributed by atoms with Gasteiger partial charge < -0.3 is 15.2 Å². The molecule has 100 valence electrons. The number of ether oxygens (including phenoxy) is 1. The van der Waals surface area contributed by atoms with E-state index in [4.69, 9.17) is 9.84 Å². The molecule has 0 aliphatic heterocycles. The average molecular weight is 267 g/mol. The largest absolute Gasteiger partial charge is 0.480 e. The SMILES string of the molecule is COCCC(NC(=O)CCS(C)(=O)=O)C(=O)O. The first-order valence-corrected chi connectivity index (χ1v) is 7.01. The molecule has 0 aromatic carbocycles. The number of sulfone groups is 1. The number of amides is 1. The molecule has 0 radical (unpaired) electrons. The van der Waals surface area contributed by atoms with Gasteiger partial charge in [0.05, 0.1) is 5.75 Å². The lowest BCUT2D eigenvalue weighted by molar-refractivity contribution is -0.142. The Bertz CT molecular complexity index is 364. The number of carbonyl (C=O) groups is 2. The summed E-state index contributed by atoms with van der Waals surface area (Å²) in [4.78, 5) is 22.0. The van der Waals surface area contributed by atoms with Gasteiger partial charge in [-0.15, -0.1) is 0 Å². The maximum Gasteiger partial charge on any atom is 0.326 e. The zero-order valence-corrected chi connectivity index (χ0v) is 10.6. The number of hydrogen-bond donors (Lipinski definition) is 2. The molecule has 0 saturated heterocycles. The molecule has 7 nitrogen and oxygen atoms in total. The molecule has 1 amide bonds. The predicted octanol–water partition coefficient (Wildman–Crippen LogP) is -0.973. The standard InChI is InChI=1S/C9H17NO6S/c1-16-5-3-7(9(12)13)10-8(11)4-6-17(2,14)15/h7H,3-6H2,1-2H3,(H,10,11)(H,12,13).